The predicted octanol–water partition coefficient (Wildman–Crippen LogP) is 2.89. The highest BCUT2D eigenvalue weighted by Gasteiger charge is 2.14. The Labute approximate surface area is 141 Å². The minimum atomic E-state index is 0. The van der Waals surface area contributed by atoms with Crippen molar-refractivity contribution >= 4 is 29.9 Å². The summed E-state index contributed by atoms with van der Waals surface area (Å²) in [6.07, 6.45) is 8.28. The molecule has 0 bridgehead atoms. The first-order chi connectivity index (χ1) is 9.11. The molecule has 120 valence electrons. The number of rotatable bonds is 7. The van der Waals surface area contributed by atoms with Crippen LogP contribution in [0.4, 0.5) is 0 Å². The van der Waals surface area contributed by atoms with Gasteiger partial charge in [-0.05, 0) is 37.5 Å². The van der Waals surface area contributed by atoms with Crippen LogP contribution in [0.2, 0.25) is 0 Å². The number of hydrogen-bond donors (Lipinski definition) is 3. The van der Waals surface area contributed by atoms with Crippen LogP contribution in [0.1, 0.15) is 58.8 Å². The summed E-state index contributed by atoms with van der Waals surface area (Å²) in [6, 6.07) is 0.513. The molecular formula is C15H32IN3O. The molecule has 1 saturated carbocycles. The maximum atomic E-state index is 9.08. The lowest BCUT2D eigenvalue weighted by Gasteiger charge is -2.23. The van der Waals surface area contributed by atoms with Crippen LogP contribution in [0.15, 0.2) is 4.99 Å². The Hall–Kier alpha value is -0.0400. The first kappa shape index (κ1) is 20.0. The molecule has 1 aliphatic carbocycles. The van der Waals surface area contributed by atoms with Gasteiger partial charge < -0.3 is 16.2 Å². The second-order valence-electron chi connectivity index (χ2n) is 6.21. The Morgan fingerprint density at radius 1 is 1.30 bits per heavy atom. The number of aliphatic hydroxyl groups is 1. The van der Waals surface area contributed by atoms with E-state index in [-0.39, 0.29) is 30.6 Å². The zero-order chi connectivity index (χ0) is 14.1. The molecule has 0 aromatic rings. The van der Waals surface area contributed by atoms with E-state index in [1.54, 1.807) is 0 Å². The number of aliphatic imine (C=N–C) groups is 1. The summed E-state index contributed by atoms with van der Waals surface area (Å²) in [5.41, 5.74) is 5.96. The van der Waals surface area contributed by atoms with Gasteiger partial charge in [-0.25, -0.2) is 0 Å². The van der Waals surface area contributed by atoms with E-state index >= 15 is 0 Å². The Morgan fingerprint density at radius 3 is 2.50 bits per heavy atom. The van der Waals surface area contributed by atoms with E-state index in [1.807, 2.05) is 0 Å². The minimum absolute atomic E-state index is 0. The molecule has 1 atom stereocenters. The molecule has 0 aliphatic heterocycles. The Bertz CT molecular complexity index is 266. The van der Waals surface area contributed by atoms with E-state index < -0.39 is 0 Å². The molecule has 1 aliphatic rings. The Kier molecular flexibility index (Phi) is 11.6. The fourth-order valence-corrected chi connectivity index (χ4v) is 2.86. The van der Waals surface area contributed by atoms with Crippen LogP contribution in [-0.2, 0) is 0 Å². The summed E-state index contributed by atoms with van der Waals surface area (Å²) in [4.78, 5) is 4.46. The molecule has 5 heteroatoms. The van der Waals surface area contributed by atoms with Crippen molar-refractivity contribution in [2.75, 3.05) is 13.2 Å². The smallest absolute Gasteiger partial charge is 0.188 e. The summed E-state index contributed by atoms with van der Waals surface area (Å²) < 4.78 is 0. The summed E-state index contributed by atoms with van der Waals surface area (Å²) in [5, 5.41) is 12.4. The van der Waals surface area contributed by atoms with Crippen LogP contribution in [-0.4, -0.2) is 30.3 Å². The topological polar surface area (TPSA) is 70.6 Å². The number of guanidine groups is 1. The van der Waals surface area contributed by atoms with Gasteiger partial charge in [0.05, 0.1) is 0 Å². The fraction of sp³-hybridized carbons (Fsp3) is 0.933. The van der Waals surface area contributed by atoms with Crippen molar-refractivity contribution < 1.29 is 5.11 Å². The minimum Gasteiger partial charge on any atom is -0.396 e. The molecule has 0 amide bonds. The van der Waals surface area contributed by atoms with Gasteiger partial charge in [0.2, 0.25) is 0 Å². The van der Waals surface area contributed by atoms with Gasteiger partial charge in [-0.3, -0.25) is 4.99 Å². The second kappa shape index (κ2) is 11.6. The SMILES string of the molecule is CC(C)CC(CCO)CN=C(N)NC1CCCCC1.I. The maximum Gasteiger partial charge on any atom is 0.188 e. The van der Waals surface area contributed by atoms with E-state index in [0.717, 1.165) is 19.4 Å². The van der Waals surface area contributed by atoms with Gasteiger partial charge in [0.15, 0.2) is 5.96 Å². The largest absolute Gasteiger partial charge is 0.396 e. The average Bonchev–Trinajstić information content (AvgIpc) is 2.37. The summed E-state index contributed by atoms with van der Waals surface area (Å²) in [5.74, 6) is 1.66. The van der Waals surface area contributed by atoms with Crippen molar-refractivity contribution in [1.82, 2.24) is 5.32 Å². The molecule has 0 heterocycles. The monoisotopic (exact) mass is 397 g/mol. The zero-order valence-corrected chi connectivity index (χ0v) is 15.3. The van der Waals surface area contributed by atoms with Crippen molar-refractivity contribution in [3.63, 3.8) is 0 Å². The van der Waals surface area contributed by atoms with Crippen molar-refractivity contribution in [2.24, 2.45) is 22.6 Å². The van der Waals surface area contributed by atoms with Gasteiger partial charge in [0, 0.05) is 19.2 Å². The van der Waals surface area contributed by atoms with Crippen molar-refractivity contribution in [3.05, 3.63) is 0 Å². The van der Waals surface area contributed by atoms with Gasteiger partial charge in [-0.1, -0.05) is 33.1 Å². The molecule has 1 fully saturated rings. The molecule has 0 spiro atoms. The third-order valence-corrected chi connectivity index (χ3v) is 3.82. The third-order valence-electron chi connectivity index (χ3n) is 3.82. The lowest BCUT2D eigenvalue weighted by atomic mass is 9.94. The van der Waals surface area contributed by atoms with Crippen molar-refractivity contribution in [3.8, 4) is 0 Å². The molecule has 0 aromatic carbocycles. The zero-order valence-electron chi connectivity index (χ0n) is 13.0. The fourth-order valence-electron chi connectivity index (χ4n) is 2.86. The lowest BCUT2D eigenvalue weighted by molar-refractivity contribution is 0.245. The van der Waals surface area contributed by atoms with Crippen LogP contribution >= 0.6 is 24.0 Å². The molecule has 20 heavy (non-hydrogen) atoms. The van der Waals surface area contributed by atoms with Gasteiger partial charge in [0.1, 0.15) is 0 Å². The molecule has 1 unspecified atom stereocenters. The van der Waals surface area contributed by atoms with Crippen LogP contribution in [0.25, 0.3) is 0 Å². The van der Waals surface area contributed by atoms with E-state index in [1.165, 1.54) is 32.1 Å². The molecular weight excluding hydrogens is 365 g/mol. The molecule has 0 radical (unpaired) electrons. The number of nitrogens with two attached hydrogens (primary N) is 1. The molecule has 4 N–H and O–H groups in total. The highest BCUT2D eigenvalue weighted by Crippen LogP contribution is 2.17. The highest BCUT2D eigenvalue weighted by atomic mass is 127. The molecule has 0 saturated heterocycles. The van der Waals surface area contributed by atoms with E-state index in [4.69, 9.17) is 10.8 Å². The number of halogens is 1. The Morgan fingerprint density at radius 2 is 1.95 bits per heavy atom. The number of hydrogen-bond acceptors (Lipinski definition) is 2. The summed E-state index contributed by atoms with van der Waals surface area (Å²) in [7, 11) is 0. The number of nitrogens with one attached hydrogen (secondary N) is 1. The van der Waals surface area contributed by atoms with Gasteiger partial charge in [0.25, 0.3) is 0 Å². The Balaban J connectivity index is 0.00000361. The quantitative estimate of drug-likeness (QED) is 0.352. The first-order valence-corrected chi connectivity index (χ1v) is 7.79. The van der Waals surface area contributed by atoms with Gasteiger partial charge in [-0.2, -0.15) is 0 Å². The van der Waals surface area contributed by atoms with Gasteiger partial charge in [-0.15, -0.1) is 24.0 Å². The van der Waals surface area contributed by atoms with E-state index in [9.17, 15) is 0 Å². The predicted molar refractivity (Wildman–Crippen MR) is 96.6 cm³/mol. The standard InChI is InChI=1S/C15H31N3O.HI/c1-12(2)10-13(8-9-19)11-17-15(16)18-14-6-4-3-5-7-14;/h12-14,19H,3-11H2,1-2H3,(H3,16,17,18);1H. The lowest BCUT2D eigenvalue weighted by Crippen LogP contribution is -2.41. The number of aliphatic hydroxyl groups excluding tert-OH is 1. The summed E-state index contributed by atoms with van der Waals surface area (Å²) >= 11 is 0. The number of nitrogens with zero attached hydrogens (tertiary/aromatic N) is 1. The second-order valence-corrected chi connectivity index (χ2v) is 6.21. The van der Waals surface area contributed by atoms with Crippen LogP contribution in [0, 0.1) is 11.8 Å². The third kappa shape index (κ3) is 9.00. The first-order valence-electron chi connectivity index (χ1n) is 7.79. The average molecular weight is 397 g/mol. The van der Waals surface area contributed by atoms with E-state index in [0.29, 0.717) is 23.8 Å². The molecule has 1 rings (SSSR count). The van der Waals surface area contributed by atoms with Crippen LogP contribution < -0.4 is 11.1 Å². The highest BCUT2D eigenvalue weighted by molar-refractivity contribution is 14.0. The maximum absolute atomic E-state index is 9.08. The molecule has 4 nitrogen and oxygen atoms in total. The normalized spacial score (nSPS) is 18.7. The molecule has 0 aromatic heterocycles. The van der Waals surface area contributed by atoms with Crippen LogP contribution in [0.3, 0.4) is 0 Å². The summed E-state index contributed by atoms with van der Waals surface area (Å²) in [6.45, 7) is 5.38. The van der Waals surface area contributed by atoms with Gasteiger partial charge >= 0.3 is 0 Å². The van der Waals surface area contributed by atoms with E-state index in [2.05, 4.69) is 24.2 Å². The van der Waals surface area contributed by atoms with Crippen LogP contribution in [0.5, 0.6) is 0 Å². The van der Waals surface area contributed by atoms with Crippen molar-refractivity contribution in [2.45, 2.75) is 64.8 Å². The van der Waals surface area contributed by atoms with Crippen molar-refractivity contribution in [1.29, 1.82) is 0 Å².